The highest BCUT2D eigenvalue weighted by Crippen LogP contribution is 2.11. The van der Waals surface area contributed by atoms with Crippen molar-refractivity contribution in [3.8, 4) is 0 Å². The molecule has 8 nitrogen and oxygen atoms in total. The number of nitrogens with one attached hydrogen (secondary N) is 1. The quantitative estimate of drug-likeness (QED) is 0.518. The zero-order valence-corrected chi connectivity index (χ0v) is 17.1. The van der Waals surface area contributed by atoms with Crippen LogP contribution in [-0.4, -0.2) is 64.7 Å². The second kappa shape index (κ2) is 9.30. The molecule has 0 radical (unpaired) electrons. The van der Waals surface area contributed by atoms with Crippen molar-refractivity contribution in [2.45, 2.75) is 13.1 Å². The van der Waals surface area contributed by atoms with Crippen molar-refractivity contribution in [1.82, 2.24) is 24.9 Å². The summed E-state index contributed by atoms with van der Waals surface area (Å²) >= 11 is 0. The van der Waals surface area contributed by atoms with E-state index in [9.17, 15) is 4.79 Å². The summed E-state index contributed by atoms with van der Waals surface area (Å²) in [5, 5.41) is 7.71. The Balaban J connectivity index is 1.30. The van der Waals surface area contributed by atoms with Crippen LogP contribution in [0.25, 0.3) is 0 Å². The highest BCUT2D eigenvalue weighted by atomic mass is 16.3. The fourth-order valence-corrected chi connectivity index (χ4v) is 3.61. The molecule has 0 bridgehead atoms. The summed E-state index contributed by atoms with van der Waals surface area (Å²) in [6, 6.07) is 13.8. The van der Waals surface area contributed by atoms with E-state index in [1.165, 1.54) is 17.4 Å². The predicted octanol–water partition coefficient (Wildman–Crippen LogP) is 2.06. The Bertz CT molecular complexity index is 973. The number of carbonyl (C=O) groups is 1. The molecule has 1 amide bonds. The largest absolute Gasteiger partial charge is 0.459 e. The van der Waals surface area contributed by atoms with Gasteiger partial charge in [0.05, 0.1) is 12.8 Å². The van der Waals surface area contributed by atoms with Crippen molar-refractivity contribution in [1.29, 1.82) is 0 Å². The van der Waals surface area contributed by atoms with Gasteiger partial charge in [0.2, 0.25) is 0 Å². The molecule has 0 atom stereocenters. The Morgan fingerprint density at radius 3 is 2.60 bits per heavy atom. The number of furan rings is 1. The summed E-state index contributed by atoms with van der Waals surface area (Å²) in [4.78, 5) is 20.9. The van der Waals surface area contributed by atoms with Gasteiger partial charge in [-0.1, -0.05) is 24.3 Å². The summed E-state index contributed by atoms with van der Waals surface area (Å²) < 4.78 is 7.14. The average Bonchev–Trinajstić information content (AvgIpc) is 3.49. The van der Waals surface area contributed by atoms with Crippen molar-refractivity contribution < 1.29 is 9.21 Å². The molecule has 0 aliphatic carbocycles. The third-order valence-electron chi connectivity index (χ3n) is 5.16. The fourth-order valence-electron chi connectivity index (χ4n) is 3.61. The van der Waals surface area contributed by atoms with Gasteiger partial charge in [-0.15, -0.1) is 0 Å². The monoisotopic (exact) mass is 406 g/mol. The lowest BCUT2D eigenvalue weighted by Gasteiger charge is -2.36. The van der Waals surface area contributed by atoms with Crippen LogP contribution >= 0.6 is 0 Å². The van der Waals surface area contributed by atoms with E-state index >= 15 is 0 Å². The van der Waals surface area contributed by atoms with Gasteiger partial charge < -0.3 is 19.5 Å². The molecule has 0 spiro atoms. The van der Waals surface area contributed by atoms with Crippen molar-refractivity contribution >= 4 is 11.9 Å². The number of guanidine groups is 1. The van der Waals surface area contributed by atoms with Gasteiger partial charge >= 0.3 is 0 Å². The topological polar surface area (TPSA) is 78.9 Å². The second-order valence-corrected chi connectivity index (χ2v) is 7.18. The van der Waals surface area contributed by atoms with E-state index in [1.54, 1.807) is 25.4 Å². The first-order valence-electron chi connectivity index (χ1n) is 10.1. The zero-order chi connectivity index (χ0) is 20.8. The number of aromatic nitrogens is 2. The minimum Gasteiger partial charge on any atom is -0.459 e. The molecule has 2 aromatic heterocycles. The van der Waals surface area contributed by atoms with E-state index in [1.807, 2.05) is 21.8 Å². The molecular formula is C22H26N6O2. The molecule has 1 aliphatic rings. The van der Waals surface area contributed by atoms with Gasteiger partial charge in [0.1, 0.15) is 0 Å². The van der Waals surface area contributed by atoms with Gasteiger partial charge in [-0.05, 0) is 29.3 Å². The number of aliphatic imine (C=N–C) groups is 1. The minimum atomic E-state index is -0.0587. The molecular weight excluding hydrogens is 380 g/mol. The maximum absolute atomic E-state index is 12.4. The number of hydrogen-bond donors (Lipinski definition) is 1. The number of rotatable bonds is 5. The number of piperazine rings is 1. The highest BCUT2D eigenvalue weighted by Gasteiger charge is 2.25. The van der Waals surface area contributed by atoms with Gasteiger partial charge in [0.15, 0.2) is 11.7 Å². The van der Waals surface area contributed by atoms with Crippen LogP contribution in [0.2, 0.25) is 0 Å². The molecule has 156 valence electrons. The van der Waals surface area contributed by atoms with Crippen molar-refractivity contribution in [3.05, 3.63) is 78.0 Å². The fraction of sp³-hybridized carbons (Fsp3) is 0.318. The predicted molar refractivity (Wildman–Crippen MR) is 114 cm³/mol. The molecule has 1 aromatic carbocycles. The van der Waals surface area contributed by atoms with Gasteiger partial charge in [-0.25, -0.2) is 0 Å². The normalized spacial score (nSPS) is 14.8. The van der Waals surface area contributed by atoms with Gasteiger partial charge in [0.25, 0.3) is 5.91 Å². The number of benzene rings is 1. The Hall–Kier alpha value is -3.55. The van der Waals surface area contributed by atoms with Crippen molar-refractivity contribution in [2.24, 2.45) is 4.99 Å². The summed E-state index contributed by atoms with van der Waals surface area (Å²) in [6.07, 6.45) is 5.28. The van der Waals surface area contributed by atoms with Gasteiger partial charge in [-0.2, -0.15) is 5.10 Å². The zero-order valence-electron chi connectivity index (χ0n) is 17.1. The molecule has 1 N–H and O–H groups in total. The van der Waals surface area contributed by atoms with Crippen LogP contribution in [0.15, 0.2) is 70.5 Å². The van der Waals surface area contributed by atoms with Gasteiger partial charge in [-0.3, -0.25) is 14.5 Å². The van der Waals surface area contributed by atoms with E-state index in [-0.39, 0.29) is 5.91 Å². The first-order valence-corrected chi connectivity index (χ1v) is 10.1. The summed E-state index contributed by atoms with van der Waals surface area (Å²) in [5.74, 6) is 1.18. The molecule has 4 rings (SSSR count). The maximum Gasteiger partial charge on any atom is 0.289 e. The molecule has 3 heterocycles. The number of nitrogens with zero attached hydrogens (tertiary/aromatic N) is 5. The van der Waals surface area contributed by atoms with E-state index < -0.39 is 0 Å². The first-order chi connectivity index (χ1) is 14.7. The van der Waals surface area contributed by atoms with Crippen LogP contribution in [0.3, 0.4) is 0 Å². The smallest absolute Gasteiger partial charge is 0.289 e. The number of hydrogen-bond acceptors (Lipinski definition) is 4. The third-order valence-corrected chi connectivity index (χ3v) is 5.16. The molecule has 8 heteroatoms. The Labute approximate surface area is 175 Å². The van der Waals surface area contributed by atoms with Crippen LogP contribution in [0.1, 0.15) is 21.7 Å². The maximum atomic E-state index is 12.4. The average molecular weight is 406 g/mol. The lowest BCUT2D eigenvalue weighted by Crippen LogP contribution is -2.53. The van der Waals surface area contributed by atoms with E-state index in [0.717, 1.165) is 25.6 Å². The lowest BCUT2D eigenvalue weighted by atomic mass is 10.1. The van der Waals surface area contributed by atoms with Crippen LogP contribution in [0.4, 0.5) is 0 Å². The molecule has 0 unspecified atom stereocenters. The standard InChI is InChI=1S/C22H26N6O2/c1-23-22(27-12-10-26(11-13-27)21(29)20-7-3-14-30-20)24-16-18-5-2-6-19(15-18)17-28-9-4-8-25-28/h2-9,14-15H,10-13,16-17H2,1H3,(H,23,24). The van der Waals surface area contributed by atoms with E-state index in [0.29, 0.717) is 25.4 Å². The molecule has 1 fully saturated rings. The van der Waals surface area contributed by atoms with Crippen LogP contribution in [0, 0.1) is 0 Å². The van der Waals surface area contributed by atoms with Crippen LogP contribution in [-0.2, 0) is 13.1 Å². The molecule has 3 aromatic rings. The Kier molecular flexibility index (Phi) is 6.12. The van der Waals surface area contributed by atoms with E-state index in [2.05, 4.69) is 44.6 Å². The van der Waals surface area contributed by atoms with Crippen molar-refractivity contribution in [2.75, 3.05) is 33.2 Å². The van der Waals surface area contributed by atoms with Crippen LogP contribution in [0.5, 0.6) is 0 Å². The lowest BCUT2D eigenvalue weighted by molar-refractivity contribution is 0.0657. The summed E-state index contributed by atoms with van der Waals surface area (Å²) in [5.41, 5.74) is 2.39. The van der Waals surface area contributed by atoms with E-state index in [4.69, 9.17) is 4.42 Å². The van der Waals surface area contributed by atoms with Crippen LogP contribution < -0.4 is 5.32 Å². The molecule has 1 aliphatic heterocycles. The third kappa shape index (κ3) is 4.71. The minimum absolute atomic E-state index is 0.0587. The van der Waals surface area contributed by atoms with Gasteiger partial charge in [0, 0.05) is 52.2 Å². The summed E-state index contributed by atoms with van der Waals surface area (Å²) in [7, 11) is 1.79. The second-order valence-electron chi connectivity index (χ2n) is 7.18. The SMILES string of the molecule is CN=C(NCc1cccc(Cn2cccn2)c1)N1CCN(C(=O)c2ccco2)CC1. The molecule has 1 saturated heterocycles. The Morgan fingerprint density at radius 1 is 1.10 bits per heavy atom. The summed E-state index contributed by atoms with van der Waals surface area (Å²) in [6.45, 7) is 4.17. The van der Waals surface area contributed by atoms with Crippen molar-refractivity contribution in [3.63, 3.8) is 0 Å². The first kappa shape index (κ1) is 19.8. The number of amides is 1. The highest BCUT2D eigenvalue weighted by molar-refractivity contribution is 5.91. The molecule has 0 saturated carbocycles. The molecule has 30 heavy (non-hydrogen) atoms. The number of carbonyl (C=O) groups excluding carboxylic acids is 1. The Morgan fingerprint density at radius 2 is 1.90 bits per heavy atom.